The van der Waals surface area contributed by atoms with Gasteiger partial charge in [-0.3, -0.25) is 4.79 Å². The molecule has 4 rings (SSSR count). The van der Waals surface area contributed by atoms with Gasteiger partial charge in [0.15, 0.2) is 5.82 Å². The highest BCUT2D eigenvalue weighted by Gasteiger charge is 2.28. The Hall–Kier alpha value is -2.54. The van der Waals surface area contributed by atoms with Crippen LogP contribution in [0.25, 0.3) is 10.6 Å². The summed E-state index contributed by atoms with van der Waals surface area (Å²) in [6, 6.07) is 9.91. The molecular formula is C17H16N4O2S. The minimum absolute atomic E-state index is 0.0263. The molecule has 2 aromatic heterocycles. The van der Waals surface area contributed by atoms with E-state index in [1.807, 2.05) is 40.6 Å². The Labute approximate surface area is 143 Å². The Morgan fingerprint density at radius 1 is 1.29 bits per heavy atom. The summed E-state index contributed by atoms with van der Waals surface area (Å²) in [4.78, 5) is 23.2. The van der Waals surface area contributed by atoms with E-state index in [2.05, 4.69) is 15.1 Å². The Bertz CT molecular complexity index is 816. The van der Waals surface area contributed by atoms with Crippen LogP contribution in [0.2, 0.25) is 0 Å². The highest BCUT2D eigenvalue weighted by atomic mass is 32.1. The number of hydrogen-bond donors (Lipinski definition) is 0. The minimum atomic E-state index is -0.0263. The third-order valence-corrected chi connectivity index (χ3v) is 5.09. The van der Waals surface area contributed by atoms with Crippen molar-refractivity contribution in [3.05, 3.63) is 53.6 Å². The summed E-state index contributed by atoms with van der Waals surface area (Å²) >= 11 is 1.50. The molecule has 1 saturated heterocycles. The van der Waals surface area contributed by atoms with E-state index in [9.17, 15) is 4.79 Å². The zero-order chi connectivity index (χ0) is 16.4. The predicted molar refractivity (Wildman–Crippen MR) is 89.7 cm³/mol. The monoisotopic (exact) mass is 340 g/mol. The number of amides is 1. The maximum Gasteiger partial charge on any atom is 0.273 e. The van der Waals surface area contributed by atoms with Crippen LogP contribution in [0, 0.1) is 0 Å². The largest absolute Gasteiger partial charge is 0.343 e. The van der Waals surface area contributed by atoms with Crippen LogP contribution in [0.5, 0.6) is 0 Å². The number of carbonyl (C=O) groups excluding carboxylic acids is 1. The van der Waals surface area contributed by atoms with Crippen LogP contribution in [0.3, 0.4) is 0 Å². The Morgan fingerprint density at radius 3 is 2.96 bits per heavy atom. The average Bonchev–Trinajstić information content (AvgIpc) is 3.34. The van der Waals surface area contributed by atoms with Gasteiger partial charge in [0.1, 0.15) is 10.7 Å². The third kappa shape index (κ3) is 2.94. The van der Waals surface area contributed by atoms with Gasteiger partial charge >= 0.3 is 0 Å². The van der Waals surface area contributed by atoms with Gasteiger partial charge < -0.3 is 9.42 Å². The maximum absolute atomic E-state index is 12.8. The molecule has 1 fully saturated rings. The summed E-state index contributed by atoms with van der Waals surface area (Å²) in [5.41, 5.74) is 1.54. The molecule has 6 nitrogen and oxygen atoms in total. The molecule has 0 N–H and O–H groups in total. The maximum atomic E-state index is 12.8. The van der Waals surface area contributed by atoms with E-state index >= 15 is 0 Å². The quantitative estimate of drug-likeness (QED) is 0.732. The van der Waals surface area contributed by atoms with Crippen molar-refractivity contribution in [2.75, 3.05) is 13.1 Å². The number of benzene rings is 1. The summed E-state index contributed by atoms with van der Waals surface area (Å²) in [5, 5.41) is 6.61. The fraction of sp³-hybridized carbons (Fsp3) is 0.294. The number of thiazole rings is 1. The molecule has 0 aliphatic carbocycles. The molecule has 0 saturated carbocycles. The van der Waals surface area contributed by atoms with E-state index in [1.54, 1.807) is 0 Å². The molecule has 1 amide bonds. The topological polar surface area (TPSA) is 72.1 Å². The van der Waals surface area contributed by atoms with Crippen molar-refractivity contribution in [1.29, 1.82) is 0 Å². The van der Waals surface area contributed by atoms with Gasteiger partial charge in [-0.2, -0.15) is 4.98 Å². The van der Waals surface area contributed by atoms with Crippen molar-refractivity contribution >= 4 is 17.2 Å². The predicted octanol–water partition coefficient (Wildman–Crippen LogP) is 3.21. The van der Waals surface area contributed by atoms with Crippen LogP contribution in [0.4, 0.5) is 0 Å². The number of carbonyl (C=O) groups is 1. The van der Waals surface area contributed by atoms with Gasteiger partial charge in [0.25, 0.3) is 5.91 Å². The average molecular weight is 340 g/mol. The Morgan fingerprint density at radius 2 is 2.17 bits per heavy atom. The molecule has 7 heteroatoms. The van der Waals surface area contributed by atoms with Gasteiger partial charge in [-0.15, -0.1) is 11.3 Å². The standard InChI is InChI=1S/C17H16N4O2S/c22-17(14-10-24-16(19-14)12-5-2-1-3-6-12)21-8-4-7-13(9-21)15-18-11-23-20-15/h1-3,5-6,10-11,13H,4,7-9H2/t13-/m0/s1. The summed E-state index contributed by atoms with van der Waals surface area (Å²) in [7, 11) is 0. The van der Waals surface area contributed by atoms with Gasteiger partial charge in [0.05, 0.1) is 0 Å². The van der Waals surface area contributed by atoms with Gasteiger partial charge in [0, 0.05) is 30.0 Å². The molecular weight excluding hydrogens is 324 g/mol. The molecule has 0 spiro atoms. The van der Waals surface area contributed by atoms with E-state index in [1.165, 1.54) is 17.7 Å². The van der Waals surface area contributed by atoms with Crippen LogP contribution in [0.15, 0.2) is 46.6 Å². The summed E-state index contributed by atoms with van der Waals surface area (Å²) < 4.78 is 4.83. The van der Waals surface area contributed by atoms with Crippen LogP contribution in [0.1, 0.15) is 35.1 Å². The first-order valence-electron chi connectivity index (χ1n) is 7.88. The van der Waals surface area contributed by atoms with Crippen molar-refractivity contribution < 1.29 is 9.32 Å². The number of aromatic nitrogens is 3. The molecule has 3 aromatic rings. The van der Waals surface area contributed by atoms with Crippen LogP contribution in [-0.4, -0.2) is 39.0 Å². The second-order valence-electron chi connectivity index (χ2n) is 5.78. The number of rotatable bonds is 3. The first-order valence-corrected chi connectivity index (χ1v) is 8.76. The normalized spacial score (nSPS) is 17.8. The second-order valence-corrected chi connectivity index (χ2v) is 6.64. The summed E-state index contributed by atoms with van der Waals surface area (Å²) in [6.07, 6.45) is 3.24. The fourth-order valence-corrected chi connectivity index (χ4v) is 3.78. The van der Waals surface area contributed by atoms with Crippen molar-refractivity contribution in [3.8, 4) is 10.6 Å². The molecule has 1 atom stereocenters. The highest BCUT2D eigenvalue weighted by Crippen LogP contribution is 2.27. The smallest absolute Gasteiger partial charge is 0.273 e. The number of piperidine rings is 1. The second kappa shape index (κ2) is 6.52. The SMILES string of the molecule is O=C(c1csc(-c2ccccc2)n1)N1CCC[C@H](c2ncon2)C1. The van der Waals surface area contributed by atoms with Crippen LogP contribution >= 0.6 is 11.3 Å². The Kier molecular flexibility index (Phi) is 4.08. The lowest BCUT2D eigenvalue weighted by Crippen LogP contribution is -2.39. The zero-order valence-corrected chi connectivity index (χ0v) is 13.8. The molecule has 0 bridgehead atoms. The minimum Gasteiger partial charge on any atom is -0.343 e. The van der Waals surface area contributed by atoms with E-state index in [4.69, 9.17) is 4.52 Å². The molecule has 1 aliphatic rings. The summed E-state index contributed by atoms with van der Waals surface area (Å²) in [6.45, 7) is 1.35. The molecule has 3 heterocycles. The fourth-order valence-electron chi connectivity index (χ4n) is 2.98. The van der Waals surface area contributed by atoms with Crippen LogP contribution in [-0.2, 0) is 0 Å². The first kappa shape index (κ1) is 15.0. The van der Waals surface area contributed by atoms with Gasteiger partial charge in [-0.25, -0.2) is 4.98 Å². The molecule has 0 unspecified atom stereocenters. The van der Waals surface area contributed by atoms with Gasteiger partial charge in [-0.05, 0) is 12.8 Å². The van der Waals surface area contributed by atoms with E-state index in [0.29, 0.717) is 18.1 Å². The molecule has 122 valence electrons. The first-order chi connectivity index (χ1) is 11.8. The molecule has 24 heavy (non-hydrogen) atoms. The number of nitrogens with zero attached hydrogens (tertiary/aromatic N) is 4. The van der Waals surface area contributed by atoms with Crippen molar-refractivity contribution in [2.24, 2.45) is 0 Å². The Balaban J connectivity index is 1.50. The lowest BCUT2D eigenvalue weighted by Gasteiger charge is -2.30. The van der Waals surface area contributed by atoms with Gasteiger partial charge in [0.2, 0.25) is 6.39 Å². The van der Waals surface area contributed by atoms with Gasteiger partial charge in [-0.1, -0.05) is 35.5 Å². The molecule has 1 aliphatic heterocycles. The van der Waals surface area contributed by atoms with Crippen molar-refractivity contribution in [1.82, 2.24) is 20.0 Å². The number of likely N-dealkylation sites (tertiary alicyclic amines) is 1. The molecule has 0 radical (unpaired) electrons. The number of hydrogen-bond acceptors (Lipinski definition) is 6. The van der Waals surface area contributed by atoms with Crippen molar-refractivity contribution in [3.63, 3.8) is 0 Å². The van der Waals surface area contributed by atoms with Crippen molar-refractivity contribution in [2.45, 2.75) is 18.8 Å². The lowest BCUT2D eigenvalue weighted by atomic mass is 9.97. The van der Waals surface area contributed by atoms with E-state index in [-0.39, 0.29) is 11.8 Å². The highest BCUT2D eigenvalue weighted by molar-refractivity contribution is 7.13. The lowest BCUT2D eigenvalue weighted by molar-refractivity contribution is 0.0698. The van der Waals surface area contributed by atoms with E-state index in [0.717, 1.165) is 30.0 Å². The zero-order valence-electron chi connectivity index (χ0n) is 13.0. The molecule has 1 aromatic carbocycles. The summed E-state index contributed by atoms with van der Waals surface area (Å²) in [5.74, 6) is 0.783. The van der Waals surface area contributed by atoms with Crippen LogP contribution < -0.4 is 0 Å². The third-order valence-electron chi connectivity index (χ3n) is 4.20. The van der Waals surface area contributed by atoms with E-state index < -0.39 is 0 Å².